The van der Waals surface area contributed by atoms with Crippen LogP contribution in [0.5, 0.6) is 0 Å². The Kier molecular flexibility index (Phi) is 6.89. The van der Waals surface area contributed by atoms with Crippen LogP contribution < -0.4 is 15.8 Å². The lowest BCUT2D eigenvalue weighted by atomic mass is 9.99. The summed E-state index contributed by atoms with van der Waals surface area (Å²) in [5.41, 5.74) is -0.439. The fourth-order valence-corrected chi connectivity index (χ4v) is 5.40. The van der Waals surface area contributed by atoms with Crippen LogP contribution in [0.4, 0.5) is 29.1 Å². The predicted molar refractivity (Wildman–Crippen MR) is 140 cm³/mol. The molecular formula is C28H32F4N4O2. The zero-order chi connectivity index (χ0) is 27.4. The zero-order valence-corrected chi connectivity index (χ0v) is 21.6. The van der Waals surface area contributed by atoms with Gasteiger partial charge in [-0.3, -0.25) is 14.3 Å². The van der Waals surface area contributed by atoms with Crippen molar-refractivity contribution in [3.8, 4) is 0 Å². The van der Waals surface area contributed by atoms with E-state index in [-0.39, 0.29) is 22.0 Å². The van der Waals surface area contributed by atoms with E-state index in [1.54, 1.807) is 14.0 Å². The lowest BCUT2D eigenvalue weighted by Crippen LogP contribution is -2.53. The van der Waals surface area contributed by atoms with Gasteiger partial charge in [0.25, 0.3) is 12.0 Å². The molecule has 2 aliphatic rings. The van der Waals surface area contributed by atoms with Gasteiger partial charge in [-0.05, 0) is 67.1 Å². The van der Waals surface area contributed by atoms with Crippen LogP contribution in [0.15, 0.2) is 41.2 Å². The van der Waals surface area contributed by atoms with Gasteiger partial charge in [0.15, 0.2) is 0 Å². The van der Waals surface area contributed by atoms with Crippen LogP contribution in [0.3, 0.4) is 0 Å². The second-order valence-corrected chi connectivity index (χ2v) is 10.8. The van der Waals surface area contributed by atoms with E-state index in [0.29, 0.717) is 42.9 Å². The van der Waals surface area contributed by atoms with Crippen molar-refractivity contribution in [2.24, 2.45) is 12.5 Å². The molecule has 1 aromatic heterocycles. The number of rotatable bonds is 7. The Balaban J connectivity index is 1.48. The van der Waals surface area contributed by atoms with Crippen molar-refractivity contribution in [1.82, 2.24) is 9.47 Å². The molecule has 1 aliphatic heterocycles. The summed E-state index contributed by atoms with van der Waals surface area (Å²) in [7, 11) is 1.64. The SMILES string of the molecule is C[C@@H](Nc1ccc(F)cc1C(F)F)c1cc(F)cc2c(=O)n(C)c(N3CCN(C(O)C4(C)CC4)CC3)cc12. The average molecular weight is 533 g/mol. The molecule has 1 saturated carbocycles. The number of fused-ring (bicyclic) bond motifs is 1. The van der Waals surface area contributed by atoms with Gasteiger partial charge in [0.2, 0.25) is 0 Å². The summed E-state index contributed by atoms with van der Waals surface area (Å²) in [6, 6.07) is 6.73. The first-order chi connectivity index (χ1) is 18.0. The topological polar surface area (TPSA) is 60.7 Å². The van der Waals surface area contributed by atoms with Crippen molar-refractivity contribution in [3.63, 3.8) is 0 Å². The number of aliphatic hydroxyl groups is 1. The Labute approximate surface area is 218 Å². The van der Waals surface area contributed by atoms with E-state index in [9.17, 15) is 27.5 Å². The Morgan fingerprint density at radius 1 is 0.947 bits per heavy atom. The highest BCUT2D eigenvalue weighted by molar-refractivity contribution is 5.88. The lowest BCUT2D eigenvalue weighted by molar-refractivity contribution is -0.0478. The smallest absolute Gasteiger partial charge is 0.265 e. The van der Waals surface area contributed by atoms with Gasteiger partial charge >= 0.3 is 0 Å². The van der Waals surface area contributed by atoms with Gasteiger partial charge in [-0.25, -0.2) is 17.6 Å². The zero-order valence-electron chi connectivity index (χ0n) is 21.6. The number of hydrogen-bond donors (Lipinski definition) is 2. The van der Waals surface area contributed by atoms with Gasteiger partial charge in [0.05, 0.1) is 5.39 Å². The van der Waals surface area contributed by atoms with Crippen LogP contribution in [0, 0.1) is 17.0 Å². The molecule has 2 atom stereocenters. The third-order valence-corrected chi connectivity index (χ3v) is 8.06. The number of benzene rings is 2. The molecule has 1 unspecified atom stereocenters. The molecule has 5 rings (SSSR count). The van der Waals surface area contributed by atoms with E-state index < -0.39 is 35.9 Å². The minimum atomic E-state index is -2.90. The number of piperazine rings is 1. The van der Waals surface area contributed by atoms with Crippen molar-refractivity contribution >= 4 is 22.3 Å². The molecule has 0 radical (unpaired) electrons. The van der Waals surface area contributed by atoms with Crippen LogP contribution in [0.1, 0.15) is 50.3 Å². The summed E-state index contributed by atoms with van der Waals surface area (Å²) < 4.78 is 56.8. The van der Waals surface area contributed by atoms with E-state index in [4.69, 9.17) is 0 Å². The maximum atomic E-state index is 14.7. The first-order valence-corrected chi connectivity index (χ1v) is 12.8. The molecule has 6 nitrogen and oxygen atoms in total. The molecule has 0 bridgehead atoms. The van der Waals surface area contributed by atoms with Gasteiger partial charge in [-0.15, -0.1) is 0 Å². The molecular weight excluding hydrogens is 500 g/mol. The van der Waals surface area contributed by atoms with Gasteiger partial charge in [0.1, 0.15) is 23.7 Å². The minimum Gasteiger partial charge on any atom is -0.378 e. The van der Waals surface area contributed by atoms with Crippen molar-refractivity contribution in [3.05, 3.63) is 69.5 Å². The van der Waals surface area contributed by atoms with Crippen LogP contribution in [-0.4, -0.2) is 47.0 Å². The molecule has 2 aromatic carbocycles. The summed E-state index contributed by atoms with van der Waals surface area (Å²) in [5.74, 6) is -0.735. The quantitative estimate of drug-likeness (QED) is 0.412. The number of aliphatic hydroxyl groups excluding tert-OH is 1. The second-order valence-electron chi connectivity index (χ2n) is 10.8. The highest BCUT2D eigenvalue weighted by Gasteiger charge is 2.47. The number of nitrogens with one attached hydrogen (secondary N) is 1. The second kappa shape index (κ2) is 9.89. The number of halogens is 4. The number of hydrogen-bond acceptors (Lipinski definition) is 5. The Bertz CT molecular complexity index is 1410. The van der Waals surface area contributed by atoms with Crippen LogP contribution >= 0.6 is 0 Å². The molecule has 3 aromatic rings. The molecule has 10 heteroatoms. The third-order valence-electron chi connectivity index (χ3n) is 8.06. The molecule has 0 spiro atoms. The largest absolute Gasteiger partial charge is 0.378 e. The van der Waals surface area contributed by atoms with Crippen LogP contribution in [-0.2, 0) is 7.05 Å². The molecule has 38 heavy (non-hydrogen) atoms. The van der Waals surface area contributed by atoms with Crippen molar-refractivity contribution < 1.29 is 22.7 Å². The van der Waals surface area contributed by atoms with Crippen molar-refractivity contribution in [2.75, 3.05) is 36.4 Å². The van der Waals surface area contributed by atoms with Crippen molar-refractivity contribution in [1.29, 1.82) is 0 Å². The Morgan fingerprint density at radius 3 is 2.24 bits per heavy atom. The summed E-state index contributed by atoms with van der Waals surface area (Å²) in [6.07, 6.45) is -1.37. The van der Waals surface area contributed by atoms with Gasteiger partial charge in [0, 0.05) is 55.9 Å². The molecule has 204 valence electrons. The highest BCUT2D eigenvalue weighted by atomic mass is 19.3. The first-order valence-electron chi connectivity index (χ1n) is 12.8. The Hall–Kier alpha value is -3.11. The molecule has 1 aliphatic carbocycles. The normalized spacial score (nSPS) is 19.1. The number of pyridine rings is 1. The van der Waals surface area contributed by atoms with E-state index in [1.807, 2.05) is 6.07 Å². The molecule has 2 N–H and O–H groups in total. The molecule has 2 heterocycles. The predicted octanol–water partition coefficient (Wildman–Crippen LogP) is 5.17. The first kappa shape index (κ1) is 26.5. The maximum Gasteiger partial charge on any atom is 0.265 e. The fraction of sp³-hybridized carbons (Fsp3) is 0.464. The number of nitrogens with zero attached hydrogens (tertiary/aromatic N) is 3. The van der Waals surface area contributed by atoms with Gasteiger partial charge in [-0.2, -0.15) is 0 Å². The van der Waals surface area contributed by atoms with Gasteiger partial charge in [-0.1, -0.05) is 6.92 Å². The van der Waals surface area contributed by atoms with Crippen LogP contribution in [0.2, 0.25) is 0 Å². The van der Waals surface area contributed by atoms with E-state index in [0.717, 1.165) is 25.0 Å². The summed E-state index contributed by atoms with van der Waals surface area (Å²) >= 11 is 0. The molecule has 1 saturated heterocycles. The Morgan fingerprint density at radius 2 is 1.61 bits per heavy atom. The van der Waals surface area contributed by atoms with E-state index in [2.05, 4.69) is 22.0 Å². The number of anilines is 2. The van der Waals surface area contributed by atoms with E-state index >= 15 is 0 Å². The van der Waals surface area contributed by atoms with Gasteiger partial charge < -0.3 is 15.3 Å². The number of alkyl halides is 2. The number of aromatic nitrogens is 1. The third kappa shape index (κ3) is 4.87. The van der Waals surface area contributed by atoms with Crippen molar-refractivity contribution in [2.45, 2.75) is 45.4 Å². The lowest BCUT2D eigenvalue weighted by Gasteiger charge is -2.40. The molecule has 2 fully saturated rings. The fourth-order valence-electron chi connectivity index (χ4n) is 5.40. The van der Waals surface area contributed by atoms with Crippen LogP contribution in [0.25, 0.3) is 10.8 Å². The summed E-state index contributed by atoms with van der Waals surface area (Å²) in [4.78, 5) is 17.5. The maximum absolute atomic E-state index is 14.7. The summed E-state index contributed by atoms with van der Waals surface area (Å²) in [6.45, 7) is 6.25. The monoisotopic (exact) mass is 532 g/mol. The summed E-state index contributed by atoms with van der Waals surface area (Å²) in [5, 5.41) is 14.4. The van der Waals surface area contributed by atoms with E-state index in [1.165, 1.54) is 22.8 Å². The minimum absolute atomic E-state index is 0.0365. The molecule has 0 amide bonds. The average Bonchev–Trinajstić information content (AvgIpc) is 3.65. The highest BCUT2D eigenvalue weighted by Crippen LogP contribution is 2.49. The standard InChI is InChI=1S/C28H32F4N4O2/c1-16(33-23-5-4-17(29)12-22(23)25(31)32)19-13-18(30)14-21-20(19)15-24(34(3)26(21)37)35-8-10-36(11-9-35)27(38)28(2)6-7-28/h4-5,12-16,25,27,33,38H,6-11H2,1-3H3/t16-,27?/m1/s1.